The van der Waals surface area contributed by atoms with Gasteiger partial charge < -0.3 is 5.73 Å². The smallest absolute Gasteiger partial charge is 0.382 e. The van der Waals surface area contributed by atoms with E-state index >= 15 is 0 Å². The molecular formula is C15H10F5N3. The summed E-state index contributed by atoms with van der Waals surface area (Å²) in [6.45, 7) is 0. The number of fused-ring (bicyclic) bond motifs is 1. The van der Waals surface area contributed by atoms with Crippen molar-refractivity contribution in [3.05, 3.63) is 59.2 Å². The molecule has 120 valence electrons. The van der Waals surface area contributed by atoms with Crippen molar-refractivity contribution in [1.82, 2.24) is 10.2 Å². The Bertz CT molecular complexity index is 849. The Morgan fingerprint density at radius 3 is 2.22 bits per heavy atom. The molecule has 0 aliphatic carbocycles. The van der Waals surface area contributed by atoms with Gasteiger partial charge in [0.25, 0.3) is 0 Å². The van der Waals surface area contributed by atoms with E-state index in [-0.39, 0.29) is 11.4 Å². The van der Waals surface area contributed by atoms with Crippen molar-refractivity contribution in [3.8, 4) is 0 Å². The zero-order valence-corrected chi connectivity index (χ0v) is 11.5. The van der Waals surface area contributed by atoms with Gasteiger partial charge >= 0.3 is 6.18 Å². The molecular weight excluding hydrogens is 317 g/mol. The molecule has 3 rings (SSSR count). The fourth-order valence-electron chi connectivity index (χ4n) is 2.54. The normalized spacial score (nSPS) is 13.4. The van der Waals surface area contributed by atoms with Crippen molar-refractivity contribution in [2.75, 3.05) is 5.73 Å². The number of rotatable bonds is 2. The molecule has 0 saturated carbocycles. The summed E-state index contributed by atoms with van der Waals surface area (Å²) in [5.74, 6) is -4.27. The maximum atomic E-state index is 13.5. The van der Waals surface area contributed by atoms with Gasteiger partial charge in [0, 0.05) is 11.5 Å². The summed E-state index contributed by atoms with van der Waals surface area (Å²) < 4.78 is 67.1. The third-order valence-electron chi connectivity index (χ3n) is 3.50. The highest BCUT2D eigenvalue weighted by Gasteiger charge is 2.42. The second kappa shape index (κ2) is 5.22. The van der Waals surface area contributed by atoms with Gasteiger partial charge in [-0.05, 0) is 35.4 Å². The number of H-pyrrole nitrogens is 1. The highest BCUT2D eigenvalue weighted by Crippen LogP contribution is 2.41. The molecule has 0 fully saturated rings. The first-order valence-corrected chi connectivity index (χ1v) is 6.52. The minimum absolute atomic E-state index is 0.0493. The van der Waals surface area contributed by atoms with Crippen molar-refractivity contribution in [2.45, 2.75) is 12.1 Å². The minimum Gasteiger partial charge on any atom is -0.382 e. The van der Waals surface area contributed by atoms with Crippen LogP contribution >= 0.6 is 0 Å². The van der Waals surface area contributed by atoms with E-state index in [9.17, 15) is 22.0 Å². The van der Waals surface area contributed by atoms with Crippen LogP contribution in [0.25, 0.3) is 10.9 Å². The number of halogens is 5. The van der Waals surface area contributed by atoms with E-state index < -0.39 is 29.3 Å². The number of alkyl halides is 3. The van der Waals surface area contributed by atoms with Crippen LogP contribution in [-0.2, 0) is 0 Å². The van der Waals surface area contributed by atoms with Gasteiger partial charge in [-0.1, -0.05) is 6.07 Å². The first kappa shape index (κ1) is 15.3. The van der Waals surface area contributed by atoms with Crippen LogP contribution in [-0.4, -0.2) is 16.4 Å². The van der Waals surface area contributed by atoms with Crippen LogP contribution in [0.5, 0.6) is 0 Å². The second-order valence-electron chi connectivity index (χ2n) is 5.09. The predicted molar refractivity (Wildman–Crippen MR) is 74.8 cm³/mol. The number of anilines is 1. The fourth-order valence-corrected chi connectivity index (χ4v) is 2.54. The Morgan fingerprint density at radius 1 is 0.957 bits per heavy atom. The molecule has 2 aromatic carbocycles. The zero-order chi connectivity index (χ0) is 16.8. The number of nitrogen functional groups attached to an aromatic ring is 1. The zero-order valence-electron chi connectivity index (χ0n) is 11.5. The summed E-state index contributed by atoms with van der Waals surface area (Å²) in [6, 6.07) is 5.70. The Kier molecular flexibility index (Phi) is 3.46. The summed E-state index contributed by atoms with van der Waals surface area (Å²) >= 11 is 0. The number of hydrogen-bond donors (Lipinski definition) is 2. The van der Waals surface area contributed by atoms with Gasteiger partial charge in [0.15, 0.2) is 5.82 Å². The Balaban J connectivity index is 2.20. The van der Waals surface area contributed by atoms with Crippen molar-refractivity contribution in [2.24, 2.45) is 0 Å². The number of nitrogens with two attached hydrogens (primary N) is 1. The van der Waals surface area contributed by atoms with E-state index in [2.05, 4.69) is 10.2 Å². The van der Waals surface area contributed by atoms with Crippen molar-refractivity contribution in [3.63, 3.8) is 0 Å². The lowest BCUT2D eigenvalue weighted by atomic mass is 9.90. The lowest BCUT2D eigenvalue weighted by Gasteiger charge is -2.21. The van der Waals surface area contributed by atoms with Crippen LogP contribution in [0.15, 0.2) is 36.4 Å². The number of aromatic amines is 1. The Morgan fingerprint density at radius 2 is 1.61 bits per heavy atom. The molecule has 0 radical (unpaired) electrons. The molecule has 23 heavy (non-hydrogen) atoms. The molecule has 3 N–H and O–H groups in total. The van der Waals surface area contributed by atoms with Crippen LogP contribution in [0.1, 0.15) is 17.0 Å². The van der Waals surface area contributed by atoms with Gasteiger partial charge in [-0.2, -0.15) is 18.3 Å². The molecule has 0 aliphatic rings. The molecule has 1 aromatic heterocycles. The standard InChI is InChI=1S/C15H10F5N3/c16-9-3-8(4-10(17)6-9)13(15(18,19)20)7-1-2-12-11(5-7)14(21)23-22-12/h1-6,13H,(H3,21,22,23). The molecule has 3 nitrogen and oxygen atoms in total. The third-order valence-corrected chi connectivity index (χ3v) is 3.50. The average Bonchev–Trinajstić information content (AvgIpc) is 2.78. The summed E-state index contributed by atoms with van der Waals surface area (Å²) in [4.78, 5) is 0. The number of benzene rings is 2. The predicted octanol–water partition coefficient (Wildman–Crippen LogP) is 4.12. The van der Waals surface area contributed by atoms with Gasteiger partial charge in [0.1, 0.15) is 17.6 Å². The van der Waals surface area contributed by atoms with Crippen molar-refractivity contribution in [1.29, 1.82) is 0 Å². The van der Waals surface area contributed by atoms with Crippen LogP contribution in [0, 0.1) is 11.6 Å². The highest BCUT2D eigenvalue weighted by molar-refractivity contribution is 5.89. The molecule has 0 bridgehead atoms. The van der Waals surface area contributed by atoms with Crippen molar-refractivity contribution >= 4 is 16.7 Å². The van der Waals surface area contributed by atoms with Gasteiger partial charge in [-0.25, -0.2) is 8.78 Å². The van der Waals surface area contributed by atoms with E-state index in [1.54, 1.807) is 0 Å². The van der Waals surface area contributed by atoms with Crippen LogP contribution in [0.2, 0.25) is 0 Å². The van der Waals surface area contributed by atoms with Gasteiger partial charge in [0.2, 0.25) is 0 Å². The lowest BCUT2D eigenvalue weighted by molar-refractivity contribution is -0.141. The van der Waals surface area contributed by atoms with E-state index in [1.807, 2.05) is 0 Å². The summed E-state index contributed by atoms with van der Waals surface area (Å²) in [7, 11) is 0. The van der Waals surface area contributed by atoms with E-state index in [4.69, 9.17) is 5.73 Å². The Hall–Kier alpha value is -2.64. The highest BCUT2D eigenvalue weighted by atomic mass is 19.4. The number of aromatic nitrogens is 2. The number of nitrogens with one attached hydrogen (secondary N) is 1. The van der Waals surface area contributed by atoms with E-state index in [0.29, 0.717) is 29.1 Å². The second-order valence-corrected chi connectivity index (χ2v) is 5.09. The van der Waals surface area contributed by atoms with Crippen LogP contribution in [0.4, 0.5) is 27.8 Å². The molecule has 0 aliphatic heterocycles. The summed E-state index contributed by atoms with van der Waals surface area (Å²) in [5, 5.41) is 6.60. The van der Waals surface area contributed by atoms with E-state index in [0.717, 1.165) is 0 Å². The maximum absolute atomic E-state index is 13.5. The summed E-state index contributed by atoms with van der Waals surface area (Å²) in [6.07, 6.45) is -4.73. The summed E-state index contributed by atoms with van der Waals surface area (Å²) in [5.41, 5.74) is 5.37. The van der Waals surface area contributed by atoms with Crippen molar-refractivity contribution < 1.29 is 22.0 Å². The fraction of sp³-hybridized carbons (Fsp3) is 0.133. The average molecular weight is 327 g/mol. The van der Waals surface area contributed by atoms with Gasteiger partial charge in [0.05, 0.1) is 5.52 Å². The first-order chi connectivity index (χ1) is 10.8. The Labute approximate surface area is 126 Å². The molecule has 0 spiro atoms. The van der Waals surface area contributed by atoms with E-state index in [1.165, 1.54) is 18.2 Å². The molecule has 0 amide bonds. The maximum Gasteiger partial charge on any atom is 0.399 e. The third kappa shape index (κ3) is 2.84. The van der Waals surface area contributed by atoms with Gasteiger partial charge in [-0.15, -0.1) is 0 Å². The molecule has 1 atom stereocenters. The SMILES string of the molecule is Nc1n[nH]c2ccc(C(c3cc(F)cc(F)c3)C(F)(F)F)cc12. The molecule has 1 unspecified atom stereocenters. The quantitative estimate of drug-likeness (QED) is 0.696. The number of hydrogen-bond acceptors (Lipinski definition) is 2. The monoisotopic (exact) mass is 327 g/mol. The van der Waals surface area contributed by atoms with Crippen LogP contribution < -0.4 is 5.73 Å². The molecule has 0 saturated heterocycles. The lowest BCUT2D eigenvalue weighted by Crippen LogP contribution is -2.22. The molecule has 8 heteroatoms. The number of nitrogens with zero attached hydrogens (tertiary/aromatic N) is 1. The minimum atomic E-state index is -4.73. The first-order valence-electron chi connectivity index (χ1n) is 6.52. The largest absolute Gasteiger partial charge is 0.399 e. The molecule has 3 aromatic rings. The molecule has 1 heterocycles. The topological polar surface area (TPSA) is 54.7 Å². The van der Waals surface area contributed by atoms with Crippen LogP contribution in [0.3, 0.4) is 0 Å². The van der Waals surface area contributed by atoms with Gasteiger partial charge in [-0.3, -0.25) is 5.10 Å².